The molecule has 2 aliphatic rings. The van der Waals surface area contributed by atoms with Gasteiger partial charge in [0, 0.05) is 5.56 Å². The maximum absolute atomic E-state index is 14.3. The molecule has 3 heterocycles. The van der Waals surface area contributed by atoms with Crippen LogP contribution in [0.4, 0.5) is 4.39 Å². The molecule has 9 heteroatoms. The van der Waals surface area contributed by atoms with Gasteiger partial charge in [-0.1, -0.05) is 32.1 Å². The number of benzene rings is 1. The summed E-state index contributed by atoms with van der Waals surface area (Å²) in [7, 11) is 0. The van der Waals surface area contributed by atoms with E-state index in [-0.39, 0.29) is 24.9 Å². The number of aromatic nitrogens is 2. The molecule has 4 atom stereocenters. The number of imidazole rings is 1. The summed E-state index contributed by atoms with van der Waals surface area (Å²) in [4.78, 5) is 46.5. The fourth-order valence-corrected chi connectivity index (χ4v) is 4.25. The first-order chi connectivity index (χ1) is 15.8. The van der Waals surface area contributed by atoms with Crippen molar-refractivity contribution in [3.63, 3.8) is 0 Å². The van der Waals surface area contributed by atoms with Crippen LogP contribution in [0.1, 0.15) is 41.9 Å². The molecule has 2 aromatic rings. The number of hydrogen-bond acceptors (Lipinski definition) is 5. The molecular formula is C24H27FN4O4. The van der Waals surface area contributed by atoms with E-state index in [4.69, 9.17) is 4.74 Å². The minimum Gasteiger partial charge on any atom is -0.365 e. The van der Waals surface area contributed by atoms with Crippen molar-refractivity contribution < 1.29 is 23.5 Å². The highest BCUT2D eigenvalue weighted by molar-refractivity contribution is 5.99. The van der Waals surface area contributed by atoms with E-state index in [0.717, 1.165) is 11.3 Å². The average molecular weight is 455 g/mol. The number of halogens is 1. The standard InChI is InChI=1S/C24H27FN4O4/c1-14(2)9-19(24(32)29-11-18(25)22-21(29)20(30)12-33-22)28-23(31)16-6-3-15(4-7-16)5-8-17-10-26-13-27-17/h3-8,10,13-14,18-19,21-22H,9,11-12H2,1-2H3,(H,26,27)(H,28,31)/t18?,19-,21+,22+/m0/s1. The topological polar surface area (TPSA) is 104 Å². The molecule has 1 aromatic carbocycles. The molecule has 174 valence electrons. The van der Waals surface area contributed by atoms with E-state index < -0.39 is 36.2 Å². The molecule has 0 spiro atoms. The van der Waals surface area contributed by atoms with Gasteiger partial charge in [0.2, 0.25) is 5.91 Å². The highest BCUT2D eigenvalue weighted by Crippen LogP contribution is 2.30. The van der Waals surface area contributed by atoms with E-state index in [1.807, 2.05) is 26.0 Å². The Hall–Kier alpha value is -3.33. The van der Waals surface area contributed by atoms with E-state index >= 15 is 0 Å². The van der Waals surface area contributed by atoms with Crippen molar-refractivity contribution in [1.29, 1.82) is 0 Å². The van der Waals surface area contributed by atoms with E-state index in [0.29, 0.717) is 12.0 Å². The molecule has 2 amide bonds. The van der Waals surface area contributed by atoms with Crippen LogP contribution in [0.5, 0.6) is 0 Å². The molecule has 1 aromatic heterocycles. The summed E-state index contributed by atoms with van der Waals surface area (Å²) in [6.45, 7) is 3.47. The molecular weight excluding hydrogens is 427 g/mol. The van der Waals surface area contributed by atoms with Gasteiger partial charge in [0.25, 0.3) is 5.91 Å². The van der Waals surface area contributed by atoms with Crippen LogP contribution in [0.2, 0.25) is 0 Å². The smallest absolute Gasteiger partial charge is 0.251 e. The van der Waals surface area contributed by atoms with Gasteiger partial charge in [-0.15, -0.1) is 0 Å². The van der Waals surface area contributed by atoms with Crippen molar-refractivity contribution in [2.45, 2.75) is 44.6 Å². The second kappa shape index (κ2) is 9.66. The number of H-pyrrole nitrogens is 1. The first-order valence-electron chi connectivity index (χ1n) is 11.0. The number of alkyl halides is 1. The zero-order valence-corrected chi connectivity index (χ0v) is 18.5. The number of ether oxygens (including phenoxy) is 1. The van der Waals surface area contributed by atoms with Gasteiger partial charge in [-0.25, -0.2) is 9.37 Å². The molecule has 2 aliphatic heterocycles. The second-order valence-corrected chi connectivity index (χ2v) is 8.81. The summed E-state index contributed by atoms with van der Waals surface area (Å²) in [5.74, 6) is -1.06. The Kier molecular flexibility index (Phi) is 6.69. The maximum atomic E-state index is 14.3. The summed E-state index contributed by atoms with van der Waals surface area (Å²) >= 11 is 0. The van der Waals surface area contributed by atoms with Gasteiger partial charge < -0.3 is 19.9 Å². The Labute approximate surface area is 191 Å². The zero-order valence-electron chi connectivity index (χ0n) is 18.5. The number of carbonyl (C=O) groups is 3. The van der Waals surface area contributed by atoms with Crippen molar-refractivity contribution in [3.8, 4) is 0 Å². The fourth-order valence-electron chi connectivity index (χ4n) is 4.25. The lowest BCUT2D eigenvalue weighted by molar-refractivity contribution is -0.138. The van der Waals surface area contributed by atoms with E-state index in [9.17, 15) is 18.8 Å². The minimum absolute atomic E-state index is 0.101. The van der Waals surface area contributed by atoms with Crippen LogP contribution in [-0.2, 0) is 14.3 Å². The summed E-state index contributed by atoms with van der Waals surface area (Å²) < 4.78 is 19.6. The Morgan fingerprint density at radius 3 is 2.73 bits per heavy atom. The zero-order chi connectivity index (χ0) is 23.5. The lowest BCUT2D eigenvalue weighted by atomic mass is 10.0. The third-order valence-corrected chi connectivity index (χ3v) is 5.86. The molecule has 4 rings (SSSR count). The predicted molar refractivity (Wildman–Crippen MR) is 120 cm³/mol. The van der Waals surface area contributed by atoms with Crippen LogP contribution in [0.15, 0.2) is 36.8 Å². The van der Waals surface area contributed by atoms with Crippen LogP contribution in [0.25, 0.3) is 12.2 Å². The molecule has 0 radical (unpaired) electrons. The van der Waals surface area contributed by atoms with Crippen LogP contribution >= 0.6 is 0 Å². The number of amides is 2. The first-order valence-corrected chi connectivity index (χ1v) is 11.0. The normalized spacial score (nSPS) is 23.3. The molecule has 2 fully saturated rings. The number of aromatic amines is 1. The third-order valence-electron chi connectivity index (χ3n) is 5.86. The second-order valence-electron chi connectivity index (χ2n) is 8.81. The van der Waals surface area contributed by atoms with Crippen molar-refractivity contribution in [2.24, 2.45) is 5.92 Å². The van der Waals surface area contributed by atoms with Crippen LogP contribution in [0, 0.1) is 5.92 Å². The molecule has 0 saturated carbocycles. The average Bonchev–Trinajstić information content (AvgIpc) is 3.51. The Balaban J connectivity index is 1.45. The van der Waals surface area contributed by atoms with Crippen LogP contribution in [0.3, 0.4) is 0 Å². The number of likely N-dealkylation sites (tertiary alicyclic amines) is 1. The van der Waals surface area contributed by atoms with Gasteiger partial charge in [0.1, 0.15) is 31.0 Å². The highest BCUT2D eigenvalue weighted by atomic mass is 19.1. The SMILES string of the molecule is CC(C)C[C@H](NC(=O)c1ccc(C=Cc2cnc[nH]2)cc1)C(=O)N1CC(F)[C@H]2OCC(=O)[C@H]21. The van der Waals surface area contributed by atoms with Crippen molar-refractivity contribution in [3.05, 3.63) is 53.6 Å². The summed E-state index contributed by atoms with van der Waals surface area (Å²) in [6.07, 6.45) is 5.08. The lowest BCUT2D eigenvalue weighted by Crippen LogP contribution is -2.52. The van der Waals surface area contributed by atoms with Crippen molar-refractivity contribution >= 4 is 29.7 Å². The maximum Gasteiger partial charge on any atom is 0.251 e. The molecule has 33 heavy (non-hydrogen) atoms. The Morgan fingerprint density at radius 1 is 1.30 bits per heavy atom. The van der Waals surface area contributed by atoms with E-state index in [1.54, 1.807) is 36.8 Å². The van der Waals surface area contributed by atoms with E-state index in [2.05, 4.69) is 15.3 Å². The van der Waals surface area contributed by atoms with Gasteiger partial charge in [0.15, 0.2) is 5.78 Å². The summed E-state index contributed by atoms with van der Waals surface area (Å²) in [5.41, 5.74) is 2.16. The number of ketones is 1. The van der Waals surface area contributed by atoms with Gasteiger partial charge in [-0.3, -0.25) is 14.4 Å². The number of nitrogens with one attached hydrogen (secondary N) is 2. The fraction of sp³-hybridized carbons (Fsp3) is 0.417. The molecule has 0 bridgehead atoms. The third kappa shape index (κ3) is 5.03. The van der Waals surface area contributed by atoms with Crippen LogP contribution in [-0.4, -0.2) is 70.0 Å². The molecule has 0 aliphatic carbocycles. The molecule has 2 saturated heterocycles. The number of Topliss-reactive ketones (excluding diaryl/α,β-unsaturated/α-hetero) is 1. The first kappa shape index (κ1) is 22.8. The summed E-state index contributed by atoms with van der Waals surface area (Å²) in [5, 5.41) is 2.79. The van der Waals surface area contributed by atoms with Crippen LogP contribution < -0.4 is 5.32 Å². The molecule has 1 unspecified atom stereocenters. The van der Waals surface area contributed by atoms with Crippen molar-refractivity contribution in [2.75, 3.05) is 13.2 Å². The van der Waals surface area contributed by atoms with Gasteiger partial charge in [0.05, 0.1) is 24.8 Å². The van der Waals surface area contributed by atoms with Gasteiger partial charge >= 0.3 is 0 Å². The highest BCUT2D eigenvalue weighted by Gasteiger charge is 2.53. The van der Waals surface area contributed by atoms with E-state index in [1.165, 1.54) is 4.90 Å². The predicted octanol–water partition coefficient (Wildman–Crippen LogP) is 2.24. The minimum atomic E-state index is -1.41. The van der Waals surface area contributed by atoms with Gasteiger partial charge in [-0.2, -0.15) is 0 Å². The lowest BCUT2D eigenvalue weighted by Gasteiger charge is -2.28. The Bertz CT molecular complexity index is 1040. The largest absolute Gasteiger partial charge is 0.365 e. The number of rotatable bonds is 7. The number of fused-ring (bicyclic) bond motifs is 1. The number of hydrogen-bond donors (Lipinski definition) is 2. The number of carbonyl (C=O) groups excluding carboxylic acids is 3. The molecule has 8 nitrogen and oxygen atoms in total. The Morgan fingerprint density at radius 2 is 2.06 bits per heavy atom. The van der Waals surface area contributed by atoms with Gasteiger partial charge in [-0.05, 0) is 36.1 Å². The molecule has 2 N–H and O–H groups in total. The van der Waals surface area contributed by atoms with Crippen molar-refractivity contribution in [1.82, 2.24) is 20.2 Å². The quantitative estimate of drug-likeness (QED) is 0.668. The summed E-state index contributed by atoms with van der Waals surface area (Å²) in [6, 6.07) is 5.17. The number of nitrogens with zero attached hydrogens (tertiary/aromatic N) is 2. The monoisotopic (exact) mass is 454 g/mol.